The molecule has 0 unspecified atom stereocenters. The molecule has 0 saturated carbocycles. The zero-order chi connectivity index (χ0) is 40.4. The lowest BCUT2D eigenvalue weighted by molar-refractivity contribution is 0.649. The van der Waals surface area contributed by atoms with Gasteiger partial charge in [0.15, 0.2) is 0 Å². The molecule has 0 spiro atoms. The first-order chi connectivity index (χ1) is 30.0. The number of aromatic nitrogens is 5. The third-order valence-electron chi connectivity index (χ3n) is 13.1. The molecule has 61 heavy (non-hydrogen) atoms. The smallest absolute Gasteiger partial charge is 0.235 e. The van der Waals surface area contributed by atoms with Crippen molar-refractivity contribution >= 4 is 65.3 Å². The molecule has 1 aliphatic rings. The Balaban J connectivity index is 0.986. The first-order valence-corrected chi connectivity index (χ1v) is 20.9. The molecule has 0 fully saturated rings. The van der Waals surface area contributed by atoms with Crippen LogP contribution in [0.15, 0.2) is 188 Å². The Morgan fingerprint density at radius 3 is 1.77 bits per heavy atom. The number of nitrogens with zero attached hydrogens (tertiary/aromatic N) is 5. The fourth-order valence-electron chi connectivity index (χ4n) is 10.4. The van der Waals surface area contributed by atoms with Gasteiger partial charge in [-0.1, -0.05) is 129 Å². The molecule has 0 aliphatic heterocycles. The van der Waals surface area contributed by atoms with Crippen molar-refractivity contribution in [2.24, 2.45) is 0 Å². The van der Waals surface area contributed by atoms with Crippen LogP contribution < -0.4 is 0 Å². The molecule has 0 bridgehead atoms. The van der Waals surface area contributed by atoms with E-state index in [2.05, 4.69) is 198 Å². The van der Waals surface area contributed by atoms with Crippen LogP contribution in [0.3, 0.4) is 0 Å². The molecule has 0 radical (unpaired) electrons. The number of hydrogen-bond donors (Lipinski definition) is 0. The maximum absolute atomic E-state index is 5.53. The van der Waals surface area contributed by atoms with Gasteiger partial charge < -0.3 is 4.57 Å². The highest BCUT2D eigenvalue weighted by Gasteiger charge is 2.36. The number of pyridine rings is 1. The van der Waals surface area contributed by atoms with Crippen LogP contribution in [0.2, 0.25) is 0 Å². The van der Waals surface area contributed by atoms with Crippen LogP contribution in [0, 0.1) is 0 Å². The third-order valence-corrected chi connectivity index (χ3v) is 13.1. The molecule has 12 aromatic rings. The average molecular weight is 780 g/mol. The standard InChI is InChI=1S/C56H37N5/c1-56(2)45-18-8-5-17-42(45)54-52-47(33-37-13-3-4-14-39(37)53(52)56)58-55(59-54)61-49-21-10-7-16-41(49)44-32-36(25-29-51(44)61)35-24-28-50-43(31-35)40-15-6-9-20-48(40)60(50)38-26-22-34(23-27-38)46-19-11-12-30-57-46/h3-33H,1-2H3. The van der Waals surface area contributed by atoms with Crippen LogP contribution in [0.5, 0.6) is 0 Å². The summed E-state index contributed by atoms with van der Waals surface area (Å²) in [6, 6.07) is 65.6. The molecule has 4 heterocycles. The SMILES string of the molecule is CC1(C)c2ccccc2-c2nc(-n3c4ccccc4c4cc(-c5ccc6c(c5)c5ccccc5n6-c5ccc(-c6ccccn6)cc5)ccc43)nc3cc4ccccc4c1c23. The molecule has 0 amide bonds. The van der Waals surface area contributed by atoms with E-state index in [4.69, 9.17) is 9.97 Å². The van der Waals surface area contributed by atoms with Gasteiger partial charge in [0.1, 0.15) is 0 Å². The lowest BCUT2D eigenvalue weighted by atomic mass is 9.68. The van der Waals surface area contributed by atoms with Crippen molar-refractivity contribution in [1.29, 1.82) is 0 Å². The Morgan fingerprint density at radius 1 is 0.459 bits per heavy atom. The van der Waals surface area contributed by atoms with Crippen molar-refractivity contribution in [2.45, 2.75) is 19.3 Å². The summed E-state index contributed by atoms with van der Waals surface area (Å²) in [5.74, 6) is 0.680. The third kappa shape index (κ3) is 4.86. The average Bonchev–Trinajstić information content (AvgIpc) is 3.82. The minimum atomic E-state index is -0.221. The van der Waals surface area contributed by atoms with E-state index < -0.39 is 0 Å². The van der Waals surface area contributed by atoms with E-state index in [1.54, 1.807) is 0 Å². The van der Waals surface area contributed by atoms with E-state index in [-0.39, 0.29) is 5.41 Å². The summed E-state index contributed by atoms with van der Waals surface area (Å²) in [7, 11) is 0. The van der Waals surface area contributed by atoms with Gasteiger partial charge >= 0.3 is 0 Å². The zero-order valence-electron chi connectivity index (χ0n) is 33.6. The van der Waals surface area contributed by atoms with Crippen molar-refractivity contribution in [3.05, 3.63) is 199 Å². The quantitative estimate of drug-likeness (QED) is 0.167. The van der Waals surface area contributed by atoms with Crippen LogP contribution in [-0.2, 0) is 5.41 Å². The van der Waals surface area contributed by atoms with Crippen molar-refractivity contribution in [3.63, 3.8) is 0 Å². The normalized spacial score (nSPS) is 13.2. The molecule has 5 heteroatoms. The Labute approximate surface area is 351 Å². The highest BCUT2D eigenvalue weighted by atomic mass is 15.2. The van der Waals surface area contributed by atoms with Crippen molar-refractivity contribution < 1.29 is 0 Å². The monoisotopic (exact) mass is 779 g/mol. The summed E-state index contributed by atoms with van der Waals surface area (Å²) < 4.78 is 4.63. The summed E-state index contributed by atoms with van der Waals surface area (Å²) in [6.45, 7) is 4.68. The predicted molar refractivity (Wildman–Crippen MR) is 252 cm³/mol. The summed E-state index contributed by atoms with van der Waals surface area (Å²) >= 11 is 0. The number of benzene rings is 8. The molecule has 0 saturated heterocycles. The summed E-state index contributed by atoms with van der Waals surface area (Å²) in [5, 5.41) is 8.38. The van der Waals surface area contributed by atoms with Crippen molar-refractivity contribution in [1.82, 2.24) is 24.1 Å². The van der Waals surface area contributed by atoms with Crippen LogP contribution in [0.25, 0.3) is 111 Å². The van der Waals surface area contributed by atoms with Crippen LogP contribution in [0.1, 0.15) is 25.0 Å². The van der Waals surface area contributed by atoms with Gasteiger partial charge in [-0.05, 0) is 99.8 Å². The second-order valence-corrected chi connectivity index (χ2v) is 16.8. The van der Waals surface area contributed by atoms with Crippen LogP contribution in [0.4, 0.5) is 0 Å². The Hall–Kier alpha value is -7.89. The lowest BCUT2D eigenvalue weighted by Gasteiger charge is -2.35. The van der Waals surface area contributed by atoms with Gasteiger partial charge in [-0.25, -0.2) is 9.97 Å². The summed E-state index contributed by atoms with van der Waals surface area (Å²) in [5.41, 5.74) is 15.5. The maximum Gasteiger partial charge on any atom is 0.235 e. The molecular weight excluding hydrogens is 743 g/mol. The molecule has 8 aromatic carbocycles. The minimum Gasteiger partial charge on any atom is -0.309 e. The molecule has 0 N–H and O–H groups in total. The predicted octanol–water partition coefficient (Wildman–Crippen LogP) is 14.0. The van der Waals surface area contributed by atoms with Gasteiger partial charge in [-0.15, -0.1) is 0 Å². The largest absolute Gasteiger partial charge is 0.309 e. The minimum absolute atomic E-state index is 0.221. The summed E-state index contributed by atoms with van der Waals surface area (Å²) in [4.78, 5) is 15.5. The molecule has 286 valence electrons. The van der Waals surface area contributed by atoms with Gasteiger partial charge in [0.05, 0.1) is 39.0 Å². The molecule has 13 rings (SSSR count). The molecular formula is C56H37N5. The Bertz CT molecular complexity index is 3780. The van der Waals surface area contributed by atoms with Crippen molar-refractivity contribution in [3.8, 4) is 45.3 Å². The highest BCUT2D eigenvalue weighted by Crippen LogP contribution is 2.50. The maximum atomic E-state index is 5.53. The first-order valence-electron chi connectivity index (χ1n) is 20.9. The van der Waals surface area contributed by atoms with E-state index in [0.29, 0.717) is 5.95 Å². The van der Waals surface area contributed by atoms with Gasteiger partial charge in [-0.2, -0.15) is 0 Å². The van der Waals surface area contributed by atoms with E-state index in [1.165, 1.54) is 65.6 Å². The Kier molecular flexibility index (Phi) is 7.00. The summed E-state index contributed by atoms with van der Waals surface area (Å²) in [6.07, 6.45) is 1.84. The Morgan fingerprint density at radius 2 is 1.05 bits per heavy atom. The fraction of sp³-hybridized carbons (Fsp3) is 0.0536. The van der Waals surface area contributed by atoms with Crippen LogP contribution >= 0.6 is 0 Å². The van der Waals surface area contributed by atoms with E-state index >= 15 is 0 Å². The molecule has 5 nitrogen and oxygen atoms in total. The van der Waals surface area contributed by atoms with Crippen LogP contribution in [-0.4, -0.2) is 24.1 Å². The van der Waals surface area contributed by atoms with E-state index in [0.717, 1.165) is 50.1 Å². The topological polar surface area (TPSA) is 48.5 Å². The zero-order valence-corrected chi connectivity index (χ0v) is 33.6. The number of para-hydroxylation sites is 2. The van der Waals surface area contributed by atoms with E-state index in [1.807, 2.05) is 18.3 Å². The number of rotatable bonds is 4. The van der Waals surface area contributed by atoms with Gasteiger partial charge in [0.2, 0.25) is 5.95 Å². The first kappa shape index (κ1) is 34.0. The number of hydrogen-bond acceptors (Lipinski definition) is 3. The van der Waals surface area contributed by atoms with E-state index in [9.17, 15) is 0 Å². The molecule has 4 aromatic heterocycles. The second-order valence-electron chi connectivity index (χ2n) is 16.8. The van der Waals surface area contributed by atoms with Gasteiger partial charge in [0, 0.05) is 55.4 Å². The highest BCUT2D eigenvalue weighted by molar-refractivity contribution is 6.14. The lowest BCUT2D eigenvalue weighted by Crippen LogP contribution is -2.25. The van der Waals surface area contributed by atoms with Gasteiger partial charge in [-0.3, -0.25) is 9.55 Å². The number of fused-ring (bicyclic) bond motifs is 10. The second kappa shape index (κ2) is 12.6. The fourth-order valence-corrected chi connectivity index (χ4v) is 10.4. The van der Waals surface area contributed by atoms with Crippen molar-refractivity contribution in [2.75, 3.05) is 0 Å². The van der Waals surface area contributed by atoms with Gasteiger partial charge in [0.25, 0.3) is 0 Å². The molecule has 1 aliphatic carbocycles. The molecule has 0 atom stereocenters.